The molecular weight excluding hydrogens is 516 g/mol. The molecule has 3 aromatic rings. The molecule has 0 aromatic heterocycles. The summed E-state index contributed by atoms with van der Waals surface area (Å²) in [6.45, 7) is 3.22. The van der Waals surface area contributed by atoms with E-state index in [9.17, 15) is 22.8 Å². The Labute approximate surface area is 228 Å². The number of benzene rings is 3. The zero-order valence-corrected chi connectivity index (χ0v) is 23.0. The first-order valence-corrected chi connectivity index (χ1v) is 14.4. The number of sulfone groups is 1. The number of hydrogen-bond acceptors (Lipinski definition) is 6. The van der Waals surface area contributed by atoms with Gasteiger partial charge in [0.05, 0.1) is 24.2 Å². The third-order valence-electron chi connectivity index (χ3n) is 6.68. The van der Waals surface area contributed by atoms with Crippen molar-refractivity contribution in [1.29, 1.82) is 0 Å². The Balaban J connectivity index is 1.46. The van der Waals surface area contributed by atoms with E-state index in [2.05, 4.69) is 5.32 Å². The normalized spacial score (nSPS) is 13.4. The Morgan fingerprint density at radius 2 is 1.54 bits per heavy atom. The van der Waals surface area contributed by atoms with Gasteiger partial charge in [-0.3, -0.25) is 14.5 Å². The summed E-state index contributed by atoms with van der Waals surface area (Å²) < 4.78 is 29.8. The number of carbonyl (C=O) groups excluding carboxylic acids is 3. The molecule has 0 heterocycles. The van der Waals surface area contributed by atoms with Crippen molar-refractivity contribution in [3.05, 3.63) is 90.0 Å². The molecule has 1 aliphatic rings. The van der Waals surface area contributed by atoms with Gasteiger partial charge >= 0.3 is 5.97 Å². The van der Waals surface area contributed by atoms with E-state index in [1.54, 1.807) is 92.7 Å². The van der Waals surface area contributed by atoms with Crippen LogP contribution in [0.4, 0.5) is 11.4 Å². The van der Waals surface area contributed by atoms with Crippen LogP contribution < -0.4 is 10.2 Å². The van der Waals surface area contributed by atoms with Gasteiger partial charge in [0, 0.05) is 16.9 Å². The van der Waals surface area contributed by atoms with E-state index in [1.807, 2.05) is 0 Å². The molecule has 0 atom stereocenters. The molecule has 0 aliphatic heterocycles. The van der Waals surface area contributed by atoms with Crippen LogP contribution in [0.1, 0.15) is 42.6 Å². The fourth-order valence-corrected chi connectivity index (χ4v) is 6.03. The molecule has 8 nitrogen and oxygen atoms in total. The highest BCUT2D eigenvalue weighted by atomic mass is 32.2. The Morgan fingerprint density at radius 1 is 0.923 bits per heavy atom. The van der Waals surface area contributed by atoms with Crippen LogP contribution in [0.15, 0.2) is 83.8 Å². The summed E-state index contributed by atoms with van der Waals surface area (Å²) in [5.74, 6) is -0.778. The van der Waals surface area contributed by atoms with E-state index >= 15 is 0 Å². The number of carbonyl (C=O) groups is 3. The van der Waals surface area contributed by atoms with Gasteiger partial charge in [-0.2, -0.15) is 0 Å². The van der Waals surface area contributed by atoms with Crippen LogP contribution in [-0.4, -0.2) is 44.6 Å². The van der Waals surface area contributed by atoms with E-state index in [4.69, 9.17) is 4.74 Å². The van der Waals surface area contributed by atoms with Crippen LogP contribution in [0.3, 0.4) is 0 Å². The fraction of sp³-hybridized carbons (Fsp3) is 0.300. The van der Waals surface area contributed by atoms with Gasteiger partial charge in [-0.15, -0.1) is 0 Å². The van der Waals surface area contributed by atoms with Crippen LogP contribution in [0.2, 0.25) is 0 Å². The first kappa shape index (κ1) is 28.0. The molecule has 0 saturated heterocycles. The van der Waals surface area contributed by atoms with E-state index in [1.165, 1.54) is 12.0 Å². The number of rotatable bonds is 10. The summed E-state index contributed by atoms with van der Waals surface area (Å²) in [6, 6.07) is 21.7. The number of methoxy groups -OCH3 is 1. The van der Waals surface area contributed by atoms with Gasteiger partial charge in [-0.1, -0.05) is 30.3 Å². The van der Waals surface area contributed by atoms with Gasteiger partial charge in [0.15, 0.2) is 9.84 Å². The van der Waals surface area contributed by atoms with Crippen molar-refractivity contribution in [2.45, 2.75) is 43.5 Å². The monoisotopic (exact) mass is 548 g/mol. The molecule has 204 valence electrons. The quantitative estimate of drug-likeness (QED) is 0.370. The van der Waals surface area contributed by atoms with Crippen molar-refractivity contribution >= 4 is 39.0 Å². The Kier molecular flexibility index (Phi) is 8.20. The third kappa shape index (κ3) is 6.72. The lowest BCUT2D eigenvalue weighted by Gasteiger charge is -2.36. The van der Waals surface area contributed by atoms with Crippen LogP contribution in [-0.2, 0) is 30.6 Å². The predicted molar refractivity (Wildman–Crippen MR) is 149 cm³/mol. The molecule has 1 N–H and O–H groups in total. The van der Waals surface area contributed by atoms with Crippen molar-refractivity contribution in [3.63, 3.8) is 0 Å². The Bertz CT molecular complexity index is 1450. The van der Waals surface area contributed by atoms with Gasteiger partial charge in [0.2, 0.25) is 5.91 Å². The minimum atomic E-state index is -3.30. The molecule has 0 unspecified atom stereocenters. The van der Waals surface area contributed by atoms with Crippen LogP contribution in [0.25, 0.3) is 0 Å². The van der Waals surface area contributed by atoms with E-state index < -0.39 is 21.3 Å². The lowest BCUT2D eigenvalue weighted by molar-refractivity contribution is -0.145. The largest absolute Gasteiger partial charge is 0.467 e. The molecule has 1 saturated carbocycles. The second-order valence-electron chi connectivity index (χ2n) is 10.2. The number of hydrogen-bond donors (Lipinski definition) is 1. The van der Waals surface area contributed by atoms with Gasteiger partial charge in [-0.05, 0) is 86.7 Å². The number of amides is 2. The van der Waals surface area contributed by atoms with Gasteiger partial charge < -0.3 is 10.1 Å². The summed E-state index contributed by atoms with van der Waals surface area (Å²) in [5.41, 5.74) is 0.771. The number of esters is 1. The molecule has 39 heavy (non-hydrogen) atoms. The fourth-order valence-electron chi connectivity index (χ4n) is 4.33. The molecular formula is C30H32N2O6S. The number of anilines is 2. The average molecular weight is 549 g/mol. The summed E-state index contributed by atoms with van der Waals surface area (Å²) in [5, 5.41) is 2.82. The van der Waals surface area contributed by atoms with Crippen molar-refractivity contribution in [3.8, 4) is 0 Å². The smallest absolute Gasteiger partial charge is 0.331 e. The van der Waals surface area contributed by atoms with Crippen molar-refractivity contribution in [1.82, 2.24) is 0 Å². The van der Waals surface area contributed by atoms with Crippen LogP contribution >= 0.6 is 0 Å². The molecule has 4 rings (SSSR count). The Morgan fingerprint density at radius 3 is 2.10 bits per heavy atom. The van der Waals surface area contributed by atoms with Crippen LogP contribution in [0, 0.1) is 5.92 Å². The average Bonchev–Trinajstić information content (AvgIpc) is 3.73. The number of nitrogens with zero attached hydrogens (tertiary/aromatic N) is 1. The topological polar surface area (TPSA) is 110 Å². The minimum absolute atomic E-state index is 0.0681. The molecule has 0 bridgehead atoms. The first-order chi connectivity index (χ1) is 18.5. The highest BCUT2D eigenvalue weighted by Gasteiger charge is 2.40. The summed E-state index contributed by atoms with van der Waals surface area (Å²) in [4.78, 5) is 40.3. The lowest BCUT2D eigenvalue weighted by atomic mass is 9.99. The Hall–Kier alpha value is -3.98. The summed E-state index contributed by atoms with van der Waals surface area (Å²) >= 11 is 0. The first-order valence-electron chi connectivity index (χ1n) is 12.7. The maximum atomic E-state index is 13.4. The SMILES string of the molecule is COC(=O)C(C)(C)N(C(=O)c1ccccc1)c1ccc(NC(=O)Cc2ccc(S(=O)(=O)CC3CC3)cc2)cc1. The second kappa shape index (κ2) is 11.4. The summed E-state index contributed by atoms with van der Waals surface area (Å²) in [6.07, 6.45) is 1.99. The highest BCUT2D eigenvalue weighted by molar-refractivity contribution is 7.91. The maximum Gasteiger partial charge on any atom is 0.331 e. The maximum absolute atomic E-state index is 13.4. The van der Waals surface area contributed by atoms with Crippen molar-refractivity contribution in [2.24, 2.45) is 5.92 Å². The zero-order valence-electron chi connectivity index (χ0n) is 22.2. The number of nitrogens with one attached hydrogen (secondary N) is 1. The minimum Gasteiger partial charge on any atom is -0.467 e. The van der Waals surface area contributed by atoms with Crippen LogP contribution in [0.5, 0.6) is 0 Å². The zero-order chi connectivity index (χ0) is 28.2. The summed E-state index contributed by atoms with van der Waals surface area (Å²) in [7, 11) is -2.03. The van der Waals surface area contributed by atoms with E-state index in [0.29, 0.717) is 22.5 Å². The predicted octanol–water partition coefficient (Wildman–Crippen LogP) is 4.65. The molecule has 0 spiro atoms. The molecule has 9 heteroatoms. The molecule has 1 aliphatic carbocycles. The third-order valence-corrected chi connectivity index (χ3v) is 8.58. The van der Waals surface area contributed by atoms with Gasteiger partial charge in [0.25, 0.3) is 5.91 Å². The van der Waals surface area contributed by atoms with Gasteiger partial charge in [-0.25, -0.2) is 13.2 Å². The second-order valence-corrected chi connectivity index (χ2v) is 12.2. The standard InChI is InChI=1S/C30H32N2O6S/c1-30(2,29(35)38-3)32(28(34)23-7-5-4-6-8-23)25-15-13-24(14-16-25)31-27(33)19-21-11-17-26(18-12-21)39(36,37)20-22-9-10-22/h4-8,11-18,22H,9-10,19-20H2,1-3H3,(H,31,33). The van der Waals surface area contributed by atoms with E-state index in [0.717, 1.165) is 12.8 Å². The molecule has 1 fully saturated rings. The van der Waals surface area contributed by atoms with Crippen molar-refractivity contribution < 1.29 is 27.5 Å². The molecule has 3 aromatic carbocycles. The lowest BCUT2D eigenvalue weighted by Crippen LogP contribution is -2.54. The van der Waals surface area contributed by atoms with Gasteiger partial charge in [0.1, 0.15) is 5.54 Å². The number of ether oxygens (including phenoxy) is 1. The molecule has 2 amide bonds. The molecule has 0 radical (unpaired) electrons. The highest BCUT2D eigenvalue weighted by Crippen LogP contribution is 2.32. The van der Waals surface area contributed by atoms with Crippen molar-refractivity contribution in [2.75, 3.05) is 23.1 Å². The van der Waals surface area contributed by atoms with E-state index in [-0.39, 0.29) is 34.8 Å².